The Morgan fingerprint density at radius 2 is 2.04 bits per heavy atom. The van der Waals surface area contributed by atoms with Gasteiger partial charge in [-0.05, 0) is 30.7 Å². The van der Waals surface area contributed by atoms with E-state index in [2.05, 4.69) is 17.1 Å². The van der Waals surface area contributed by atoms with Crippen LogP contribution in [0.1, 0.15) is 67.5 Å². The van der Waals surface area contributed by atoms with Crippen molar-refractivity contribution in [1.29, 1.82) is 0 Å². The third-order valence-corrected chi connectivity index (χ3v) is 4.36. The second kappa shape index (κ2) is 7.68. The first-order chi connectivity index (χ1) is 12.1. The van der Waals surface area contributed by atoms with Crippen molar-refractivity contribution in [3.8, 4) is 5.75 Å². The molecule has 1 aliphatic heterocycles. The van der Waals surface area contributed by atoms with Crippen molar-refractivity contribution in [2.45, 2.75) is 45.4 Å². The number of carbonyl (C=O) groups is 1. The molecule has 0 N–H and O–H groups in total. The Morgan fingerprint density at radius 3 is 2.64 bits per heavy atom. The van der Waals surface area contributed by atoms with Crippen molar-refractivity contribution in [1.82, 2.24) is 15.0 Å². The third kappa shape index (κ3) is 4.00. The van der Waals surface area contributed by atoms with Gasteiger partial charge in [0.15, 0.2) is 5.82 Å². The Balaban J connectivity index is 1.52. The highest BCUT2D eigenvalue weighted by molar-refractivity contribution is 5.95. The lowest BCUT2D eigenvalue weighted by atomic mass is 9.98. The summed E-state index contributed by atoms with van der Waals surface area (Å²) in [6.07, 6.45) is 2.13. The predicted octanol–water partition coefficient (Wildman–Crippen LogP) is 3.61. The van der Waals surface area contributed by atoms with Crippen LogP contribution in [0, 0.1) is 0 Å². The Kier molecular flexibility index (Phi) is 5.36. The summed E-state index contributed by atoms with van der Waals surface area (Å²) in [6, 6.07) is 7.35. The Hall–Kier alpha value is -2.37. The van der Waals surface area contributed by atoms with Crippen LogP contribution in [0.2, 0.25) is 0 Å². The van der Waals surface area contributed by atoms with Gasteiger partial charge in [0.25, 0.3) is 5.91 Å². The highest BCUT2D eigenvalue weighted by Crippen LogP contribution is 2.28. The number of carbonyl (C=O) groups excluding carboxylic acids is 1. The first-order valence-electron chi connectivity index (χ1n) is 8.94. The van der Waals surface area contributed by atoms with E-state index in [1.54, 1.807) is 4.90 Å². The highest BCUT2D eigenvalue weighted by atomic mass is 16.5. The van der Waals surface area contributed by atoms with Crippen LogP contribution < -0.4 is 4.74 Å². The molecule has 1 fully saturated rings. The maximum absolute atomic E-state index is 12.5. The number of benzene rings is 1. The van der Waals surface area contributed by atoms with Crippen LogP contribution in [-0.2, 0) is 0 Å². The quantitative estimate of drug-likeness (QED) is 0.718. The molecule has 0 saturated carbocycles. The van der Waals surface area contributed by atoms with Gasteiger partial charge in [0, 0.05) is 24.6 Å². The maximum Gasteiger partial charge on any atom is 0.253 e. The molecule has 0 bridgehead atoms. The van der Waals surface area contributed by atoms with Gasteiger partial charge in [0.1, 0.15) is 5.75 Å². The van der Waals surface area contributed by atoms with Crippen LogP contribution in [0.25, 0.3) is 0 Å². The van der Waals surface area contributed by atoms with Gasteiger partial charge >= 0.3 is 0 Å². The Bertz CT molecular complexity index is 703. The zero-order valence-electron chi connectivity index (χ0n) is 15.1. The summed E-state index contributed by atoms with van der Waals surface area (Å²) < 4.78 is 10.9. The number of nitrogens with zero attached hydrogens (tertiary/aromatic N) is 3. The van der Waals surface area contributed by atoms with Gasteiger partial charge < -0.3 is 14.2 Å². The molecule has 134 valence electrons. The molecule has 1 aliphatic rings. The van der Waals surface area contributed by atoms with E-state index < -0.39 is 0 Å². The summed E-state index contributed by atoms with van der Waals surface area (Å²) in [4.78, 5) is 18.7. The molecule has 6 nitrogen and oxygen atoms in total. The van der Waals surface area contributed by atoms with Crippen LogP contribution in [0.4, 0.5) is 0 Å². The summed E-state index contributed by atoms with van der Waals surface area (Å²) in [6.45, 7) is 8.13. The molecule has 0 radical (unpaired) electrons. The summed E-state index contributed by atoms with van der Waals surface area (Å²) in [5.41, 5.74) is 0.676. The van der Waals surface area contributed by atoms with Gasteiger partial charge in [0.05, 0.1) is 12.5 Å². The minimum atomic E-state index is 0.0277. The van der Waals surface area contributed by atoms with E-state index in [0.29, 0.717) is 31.2 Å². The zero-order valence-corrected chi connectivity index (χ0v) is 15.1. The number of hydrogen-bond donors (Lipinski definition) is 0. The van der Waals surface area contributed by atoms with Gasteiger partial charge in [-0.2, -0.15) is 4.98 Å². The van der Waals surface area contributed by atoms with Crippen molar-refractivity contribution in [2.24, 2.45) is 0 Å². The number of ether oxygens (including phenoxy) is 1. The smallest absolute Gasteiger partial charge is 0.253 e. The molecule has 1 aromatic heterocycles. The van der Waals surface area contributed by atoms with Crippen LogP contribution in [0.5, 0.6) is 5.75 Å². The lowest BCUT2D eigenvalue weighted by molar-refractivity contribution is 0.0569. The molecule has 6 heteroatoms. The van der Waals surface area contributed by atoms with Gasteiger partial charge in [-0.15, -0.1) is 0 Å². The molecule has 0 unspecified atom stereocenters. The number of rotatable bonds is 7. The summed E-state index contributed by atoms with van der Waals surface area (Å²) in [7, 11) is 0. The SMILES string of the molecule is CCCCOc1ccc(C(=O)N2CC(c3nc(C(C)C)no3)C2)cc1. The van der Waals surface area contributed by atoms with Crippen LogP contribution in [0.3, 0.4) is 0 Å². The van der Waals surface area contributed by atoms with Crippen LogP contribution in [-0.4, -0.2) is 40.6 Å². The number of likely N-dealkylation sites (tertiary alicyclic amines) is 1. The van der Waals surface area contributed by atoms with Crippen LogP contribution >= 0.6 is 0 Å². The number of unbranched alkanes of at least 4 members (excludes halogenated alkanes) is 1. The topological polar surface area (TPSA) is 68.5 Å². The van der Waals surface area contributed by atoms with E-state index in [0.717, 1.165) is 24.4 Å². The van der Waals surface area contributed by atoms with Crippen molar-refractivity contribution < 1.29 is 14.1 Å². The molecule has 0 spiro atoms. The van der Waals surface area contributed by atoms with Gasteiger partial charge in [-0.25, -0.2) is 0 Å². The third-order valence-electron chi connectivity index (χ3n) is 4.36. The molecule has 1 amide bonds. The van der Waals surface area contributed by atoms with E-state index >= 15 is 0 Å². The van der Waals surface area contributed by atoms with E-state index in [1.165, 1.54) is 0 Å². The number of hydrogen-bond acceptors (Lipinski definition) is 5. The first kappa shape index (κ1) is 17.5. The van der Waals surface area contributed by atoms with Crippen molar-refractivity contribution in [2.75, 3.05) is 19.7 Å². The average molecular weight is 343 g/mol. The molecule has 25 heavy (non-hydrogen) atoms. The van der Waals surface area contributed by atoms with E-state index in [1.807, 2.05) is 38.1 Å². The molecule has 2 aromatic rings. The van der Waals surface area contributed by atoms with E-state index in [4.69, 9.17) is 9.26 Å². The molecular formula is C19H25N3O3. The van der Waals surface area contributed by atoms with Gasteiger partial charge in [-0.1, -0.05) is 32.3 Å². The fourth-order valence-corrected chi connectivity index (χ4v) is 2.66. The molecule has 1 saturated heterocycles. The first-order valence-corrected chi connectivity index (χ1v) is 8.94. The molecule has 0 aliphatic carbocycles. The fraction of sp³-hybridized carbons (Fsp3) is 0.526. The standard InChI is InChI=1S/C19H25N3O3/c1-4-5-10-24-16-8-6-14(7-9-16)19(23)22-11-15(12-22)18-20-17(13(2)3)21-25-18/h6-9,13,15H,4-5,10-12H2,1-3H3. The number of amides is 1. The van der Waals surface area contributed by atoms with Gasteiger partial charge in [-0.3, -0.25) is 4.79 Å². The molecule has 3 rings (SSSR count). The van der Waals surface area contributed by atoms with E-state index in [-0.39, 0.29) is 17.7 Å². The normalized spacial score (nSPS) is 14.6. The second-order valence-corrected chi connectivity index (χ2v) is 6.78. The highest BCUT2D eigenvalue weighted by Gasteiger charge is 2.36. The average Bonchev–Trinajstić information content (AvgIpc) is 3.04. The maximum atomic E-state index is 12.5. The monoisotopic (exact) mass is 343 g/mol. The number of aromatic nitrogens is 2. The largest absolute Gasteiger partial charge is 0.494 e. The summed E-state index contributed by atoms with van der Waals surface area (Å²) in [5, 5.41) is 3.98. The predicted molar refractivity (Wildman–Crippen MR) is 93.9 cm³/mol. The molecule has 0 atom stereocenters. The van der Waals surface area contributed by atoms with Crippen molar-refractivity contribution in [3.05, 3.63) is 41.5 Å². The molecular weight excluding hydrogens is 318 g/mol. The van der Waals surface area contributed by atoms with E-state index in [9.17, 15) is 4.79 Å². The lowest BCUT2D eigenvalue weighted by Crippen LogP contribution is -2.48. The minimum Gasteiger partial charge on any atom is -0.494 e. The fourth-order valence-electron chi connectivity index (χ4n) is 2.66. The summed E-state index contributed by atoms with van der Waals surface area (Å²) >= 11 is 0. The second-order valence-electron chi connectivity index (χ2n) is 6.78. The minimum absolute atomic E-state index is 0.0277. The summed E-state index contributed by atoms with van der Waals surface area (Å²) in [5.74, 6) is 2.57. The van der Waals surface area contributed by atoms with Gasteiger partial charge in [0.2, 0.25) is 5.89 Å². The lowest BCUT2D eigenvalue weighted by Gasteiger charge is -2.37. The van der Waals surface area contributed by atoms with Crippen molar-refractivity contribution >= 4 is 5.91 Å². The van der Waals surface area contributed by atoms with Crippen molar-refractivity contribution in [3.63, 3.8) is 0 Å². The Labute approximate surface area is 148 Å². The molecule has 1 aromatic carbocycles. The zero-order chi connectivity index (χ0) is 17.8. The van der Waals surface area contributed by atoms with Crippen LogP contribution in [0.15, 0.2) is 28.8 Å². The Morgan fingerprint density at radius 1 is 1.32 bits per heavy atom. The molecule has 2 heterocycles.